The monoisotopic (exact) mass is 445 g/mol. The molecule has 1 aromatic rings. The van der Waals surface area contributed by atoms with Gasteiger partial charge in [-0.05, 0) is 58.4 Å². The summed E-state index contributed by atoms with van der Waals surface area (Å²) in [5, 5.41) is 16.1. The Morgan fingerprint density at radius 1 is 0.567 bits per heavy atom. The van der Waals surface area contributed by atoms with Crippen LogP contribution in [0.5, 0.6) is 0 Å². The van der Waals surface area contributed by atoms with Crippen LogP contribution in [0.4, 0.5) is 17.8 Å². The molecule has 10 heteroatoms. The second-order valence-electron chi connectivity index (χ2n) is 7.20. The molecule has 0 aliphatic carbocycles. The van der Waals surface area contributed by atoms with E-state index in [1.807, 2.05) is 0 Å². The summed E-state index contributed by atoms with van der Waals surface area (Å²) in [6.07, 6.45) is 11.4. The van der Waals surface area contributed by atoms with Crippen LogP contribution in [0.15, 0.2) is 0 Å². The number of unbranched alkanes of at least 4 members (excludes halogenated alkanes) is 6. The average Bonchev–Trinajstić information content (AvgIpc) is 2.75. The third-order valence-corrected chi connectivity index (χ3v) is 4.66. The van der Waals surface area contributed by atoms with E-state index in [-0.39, 0.29) is 12.4 Å². The summed E-state index contributed by atoms with van der Waals surface area (Å²) >= 11 is 0. The van der Waals surface area contributed by atoms with Crippen molar-refractivity contribution in [2.45, 2.75) is 57.8 Å². The highest BCUT2D eigenvalue weighted by Gasteiger charge is 2.03. The first kappa shape index (κ1) is 28.6. The van der Waals surface area contributed by atoms with Crippen LogP contribution in [0, 0.1) is 0 Å². The fraction of sp³-hybridized carbons (Fsp3) is 0.850. The molecule has 7 N–H and O–H groups in total. The summed E-state index contributed by atoms with van der Waals surface area (Å²) in [6.45, 7) is 5.93. The van der Waals surface area contributed by atoms with E-state index in [2.05, 4.69) is 41.5 Å². The Labute approximate surface area is 189 Å². The molecule has 0 atom stereocenters. The van der Waals surface area contributed by atoms with Crippen molar-refractivity contribution in [1.29, 1.82) is 0 Å². The highest BCUT2D eigenvalue weighted by molar-refractivity contribution is 5.85. The minimum absolute atomic E-state index is 0. The Bertz CT molecular complexity index is 483. The molecular weight excluding hydrogens is 402 g/mol. The van der Waals surface area contributed by atoms with Crippen LogP contribution < -0.4 is 32.3 Å². The first-order valence-electron chi connectivity index (χ1n) is 11.3. The minimum atomic E-state index is 0. The van der Waals surface area contributed by atoms with Crippen LogP contribution in [0.25, 0.3) is 0 Å². The normalized spacial score (nSPS) is 10.5. The van der Waals surface area contributed by atoms with Gasteiger partial charge < -0.3 is 32.3 Å². The molecule has 0 fully saturated rings. The first-order chi connectivity index (χ1) is 14.3. The molecule has 176 valence electrons. The van der Waals surface area contributed by atoms with Crippen LogP contribution >= 0.6 is 12.4 Å². The second-order valence-corrected chi connectivity index (χ2v) is 7.20. The Morgan fingerprint density at radius 2 is 1.00 bits per heavy atom. The summed E-state index contributed by atoms with van der Waals surface area (Å²) in [6, 6.07) is 0. The smallest absolute Gasteiger partial charge is 0.229 e. The van der Waals surface area contributed by atoms with Crippen LogP contribution in [-0.2, 0) is 0 Å². The maximum atomic E-state index is 5.47. The van der Waals surface area contributed by atoms with E-state index in [1.165, 1.54) is 44.9 Å². The number of hydrogen-bond donors (Lipinski definition) is 6. The molecule has 0 aliphatic rings. The van der Waals surface area contributed by atoms with Gasteiger partial charge in [0.15, 0.2) is 0 Å². The van der Waals surface area contributed by atoms with E-state index < -0.39 is 0 Å². The number of anilines is 3. The maximum absolute atomic E-state index is 5.47. The van der Waals surface area contributed by atoms with Gasteiger partial charge in [-0.25, -0.2) is 0 Å². The molecule has 1 rings (SSSR count). The molecular formula is C20H44ClN9. The molecule has 0 radical (unpaired) electrons. The summed E-state index contributed by atoms with van der Waals surface area (Å²) < 4.78 is 0. The van der Waals surface area contributed by atoms with E-state index in [0.717, 1.165) is 52.1 Å². The van der Waals surface area contributed by atoms with Crippen molar-refractivity contribution in [2.24, 2.45) is 5.73 Å². The average molecular weight is 446 g/mol. The predicted octanol–water partition coefficient (Wildman–Crippen LogP) is 2.44. The fourth-order valence-electron chi connectivity index (χ4n) is 2.95. The molecule has 0 aromatic carbocycles. The molecule has 0 aliphatic heterocycles. The number of nitrogens with zero attached hydrogens (tertiary/aromatic N) is 3. The van der Waals surface area contributed by atoms with Crippen LogP contribution in [0.1, 0.15) is 57.8 Å². The third-order valence-electron chi connectivity index (χ3n) is 4.66. The fourth-order valence-corrected chi connectivity index (χ4v) is 2.95. The highest BCUT2D eigenvalue weighted by atomic mass is 35.5. The van der Waals surface area contributed by atoms with Gasteiger partial charge >= 0.3 is 0 Å². The topological polar surface area (TPSA) is 125 Å². The molecule has 1 aromatic heterocycles. The summed E-state index contributed by atoms with van der Waals surface area (Å²) in [4.78, 5) is 12.8. The zero-order chi connectivity index (χ0) is 21.0. The lowest BCUT2D eigenvalue weighted by atomic mass is 10.1. The quantitative estimate of drug-likeness (QED) is 0.168. The summed E-state index contributed by atoms with van der Waals surface area (Å²) in [5.41, 5.74) is 5.47. The number of rotatable bonds is 20. The zero-order valence-corrected chi connectivity index (χ0v) is 19.8. The maximum Gasteiger partial charge on any atom is 0.229 e. The van der Waals surface area contributed by atoms with E-state index >= 15 is 0 Å². The largest absolute Gasteiger partial charge is 0.357 e. The van der Waals surface area contributed by atoms with E-state index in [1.54, 1.807) is 14.1 Å². The molecule has 1 heterocycles. The Kier molecular flexibility index (Phi) is 19.9. The first-order valence-corrected chi connectivity index (χ1v) is 11.3. The Balaban J connectivity index is 0.00000841. The van der Waals surface area contributed by atoms with Crippen molar-refractivity contribution >= 4 is 30.3 Å². The lowest BCUT2D eigenvalue weighted by Crippen LogP contribution is -2.20. The third kappa shape index (κ3) is 15.4. The molecule has 0 amide bonds. The summed E-state index contributed by atoms with van der Waals surface area (Å²) in [7, 11) is 3.60. The predicted molar refractivity (Wildman–Crippen MR) is 131 cm³/mol. The van der Waals surface area contributed by atoms with E-state index in [0.29, 0.717) is 17.8 Å². The van der Waals surface area contributed by atoms with Crippen molar-refractivity contribution in [2.75, 3.05) is 69.3 Å². The van der Waals surface area contributed by atoms with Gasteiger partial charge in [0.25, 0.3) is 0 Å². The van der Waals surface area contributed by atoms with Gasteiger partial charge in [-0.1, -0.05) is 32.1 Å². The number of nitrogens with one attached hydrogen (secondary N) is 5. The molecule has 9 nitrogen and oxygen atoms in total. The lowest BCUT2D eigenvalue weighted by molar-refractivity contribution is 0.541. The summed E-state index contributed by atoms with van der Waals surface area (Å²) in [5.74, 6) is 1.72. The van der Waals surface area contributed by atoms with Gasteiger partial charge in [0, 0.05) is 20.6 Å². The van der Waals surface area contributed by atoms with Crippen molar-refractivity contribution < 1.29 is 0 Å². The van der Waals surface area contributed by atoms with Gasteiger partial charge in [-0.15, -0.1) is 12.4 Å². The van der Waals surface area contributed by atoms with Gasteiger partial charge in [0.1, 0.15) is 0 Å². The second kappa shape index (κ2) is 20.8. The van der Waals surface area contributed by atoms with E-state index in [9.17, 15) is 0 Å². The van der Waals surface area contributed by atoms with Crippen molar-refractivity contribution in [3.63, 3.8) is 0 Å². The Hall–Kier alpha value is -1.42. The van der Waals surface area contributed by atoms with Crippen LogP contribution in [0.3, 0.4) is 0 Å². The molecule has 0 bridgehead atoms. The minimum Gasteiger partial charge on any atom is -0.357 e. The number of hydrogen-bond acceptors (Lipinski definition) is 9. The zero-order valence-electron chi connectivity index (χ0n) is 18.9. The highest BCUT2D eigenvalue weighted by Crippen LogP contribution is 2.08. The number of halogens is 1. The molecule has 0 saturated heterocycles. The SMILES string of the molecule is CNc1nc(NC)nc(NCCCNCCCCCCCCCNCCCN)n1.Cl. The number of aromatic nitrogens is 3. The van der Waals surface area contributed by atoms with Crippen LogP contribution in [0.2, 0.25) is 0 Å². The molecule has 30 heavy (non-hydrogen) atoms. The van der Waals surface area contributed by atoms with Crippen molar-refractivity contribution in [3.8, 4) is 0 Å². The molecule has 0 saturated carbocycles. The lowest BCUT2D eigenvalue weighted by Gasteiger charge is -2.09. The molecule has 0 spiro atoms. The van der Waals surface area contributed by atoms with Gasteiger partial charge in [-0.3, -0.25) is 0 Å². The van der Waals surface area contributed by atoms with Crippen molar-refractivity contribution in [1.82, 2.24) is 25.6 Å². The van der Waals surface area contributed by atoms with Gasteiger partial charge in [-0.2, -0.15) is 15.0 Å². The van der Waals surface area contributed by atoms with Crippen LogP contribution in [-0.4, -0.2) is 68.3 Å². The number of nitrogens with two attached hydrogens (primary N) is 1. The van der Waals surface area contributed by atoms with E-state index in [4.69, 9.17) is 5.73 Å². The van der Waals surface area contributed by atoms with Gasteiger partial charge in [0.2, 0.25) is 17.8 Å². The standard InChI is InChI=1S/C20H43N9.ClH/c1-22-18-27-19(23-2)29-20(28-18)26-17-11-16-25-14-9-7-5-3-4-6-8-13-24-15-10-12-21;/h24-25H,3-17,21H2,1-2H3,(H3,22,23,26,27,28,29);1H. The molecule has 0 unspecified atom stereocenters. The Morgan fingerprint density at radius 3 is 1.50 bits per heavy atom. The van der Waals surface area contributed by atoms with Gasteiger partial charge in [0.05, 0.1) is 0 Å². The van der Waals surface area contributed by atoms with Crippen molar-refractivity contribution in [3.05, 3.63) is 0 Å².